The summed E-state index contributed by atoms with van der Waals surface area (Å²) in [5.74, 6) is 0.126. The fraction of sp³-hybridized carbons (Fsp3) is 0.750. The van der Waals surface area contributed by atoms with Crippen LogP contribution < -0.4 is 5.73 Å². The molecule has 1 spiro atoms. The SMILES string of the molecule is Nc1[nH]ncc1S(=O)(=O)N1CCC2(CCCC2)CC1. The second kappa shape index (κ2) is 4.49. The van der Waals surface area contributed by atoms with Crippen LogP contribution in [0.25, 0.3) is 0 Å². The molecule has 1 saturated heterocycles. The van der Waals surface area contributed by atoms with E-state index in [0.29, 0.717) is 18.5 Å². The van der Waals surface area contributed by atoms with Gasteiger partial charge in [-0.15, -0.1) is 0 Å². The molecule has 7 heteroatoms. The zero-order valence-electron chi connectivity index (χ0n) is 10.9. The van der Waals surface area contributed by atoms with E-state index in [4.69, 9.17) is 5.73 Å². The average Bonchev–Trinajstić information content (AvgIpc) is 3.00. The number of nitrogens with zero attached hydrogens (tertiary/aromatic N) is 2. The van der Waals surface area contributed by atoms with Gasteiger partial charge in [0.25, 0.3) is 0 Å². The van der Waals surface area contributed by atoms with Crippen LogP contribution in [0, 0.1) is 5.41 Å². The normalized spacial score (nSPS) is 24.0. The first-order valence-electron chi connectivity index (χ1n) is 6.83. The van der Waals surface area contributed by atoms with Crippen molar-refractivity contribution >= 4 is 15.8 Å². The Labute approximate surface area is 113 Å². The van der Waals surface area contributed by atoms with Crippen LogP contribution in [-0.4, -0.2) is 36.0 Å². The third-order valence-electron chi connectivity index (χ3n) is 4.70. The summed E-state index contributed by atoms with van der Waals surface area (Å²) in [7, 11) is -3.48. The van der Waals surface area contributed by atoms with Gasteiger partial charge < -0.3 is 5.73 Å². The summed E-state index contributed by atoms with van der Waals surface area (Å²) in [6, 6.07) is 0. The van der Waals surface area contributed by atoms with Crippen LogP contribution in [0.2, 0.25) is 0 Å². The molecule has 6 nitrogen and oxygen atoms in total. The number of piperidine rings is 1. The fourth-order valence-corrected chi connectivity index (χ4v) is 4.91. The second-order valence-corrected chi connectivity index (χ2v) is 7.67. The van der Waals surface area contributed by atoms with Crippen molar-refractivity contribution in [3.05, 3.63) is 6.20 Å². The standard InChI is InChI=1S/C12H20N4O2S/c13-11-10(9-14-15-11)19(17,18)16-7-5-12(6-8-16)3-1-2-4-12/h9H,1-8H2,(H3,13,14,15). The highest BCUT2D eigenvalue weighted by atomic mass is 32.2. The Kier molecular flexibility index (Phi) is 3.05. The van der Waals surface area contributed by atoms with Crippen LogP contribution in [-0.2, 0) is 10.0 Å². The summed E-state index contributed by atoms with van der Waals surface area (Å²) in [5, 5.41) is 6.18. The van der Waals surface area contributed by atoms with Gasteiger partial charge >= 0.3 is 0 Å². The largest absolute Gasteiger partial charge is 0.383 e. The first-order chi connectivity index (χ1) is 9.04. The number of rotatable bonds is 2. The van der Waals surface area contributed by atoms with Gasteiger partial charge in [0.2, 0.25) is 10.0 Å². The van der Waals surface area contributed by atoms with Crippen molar-refractivity contribution in [3.63, 3.8) is 0 Å². The highest BCUT2D eigenvalue weighted by molar-refractivity contribution is 7.89. The van der Waals surface area contributed by atoms with Gasteiger partial charge in [-0.3, -0.25) is 5.10 Å². The van der Waals surface area contributed by atoms with E-state index in [1.165, 1.54) is 31.9 Å². The summed E-state index contributed by atoms with van der Waals surface area (Å²) in [6.07, 6.45) is 8.35. The molecule has 0 bridgehead atoms. The summed E-state index contributed by atoms with van der Waals surface area (Å²) < 4.78 is 26.5. The molecule has 2 heterocycles. The Bertz CT molecular complexity index is 550. The summed E-state index contributed by atoms with van der Waals surface area (Å²) in [4.78, 5) is 0.106. The van der Waals surface area contributed by atoms with Crippen LogP contribution in [0.3, 0.4) is 0 Å². The van der Waals surface area contributed by atoms with E-state index >= 15 is 0 Å². The third kappa shape index (κ3) is 2.14. The molecule has 1 aromatic heterocycles. The number of nitrogens with two attached hydrogens (primary N) is 1. The smallest absolute Gasteiger partial charge is 0.248 e. The molecule has 0 unspecified atom stereocenters. The third-order valence-corrected chi connectivity index (χ3v) is 6.62. The molecular weight excluding hydrogens is 264 g/mol. The van der Waals surface area contributed by atoms with Crippen LogP contribution in [0.1, 0.15) is 38.5 Å². The van der Waals surface area contributed by atoms with Crippen molar-refractivity contribution < 1.29 is 8.42 Å². The predicted molar refractivity (Wildman–Crippen MR) is 71.9 cm³/mol. The van der Waals surface area contributed by atoms with Crippen molar-refractivity contribution in [1.82, 2.24) is 14.5 Å². The Hall–Kier alpha value is -1.08. The number of nitrogen functional groups attached to an aromatic ring is 1. The molecular formula is C12H20N4O2S. The number of anilines is 1. The van der Waals surface area contributed by atoms with E-state index in [9.17, 15) is 8.42 Å². The van der Waals surface area contributed by atoms with Crippen LogP contribution in [0.15, 0.2) is 11.1 Å². The fourth-order valence-electron chi connectivity index (χ4n) is 3.46. The molecule has 0 amide bonds. The minimum atomic E-state index is -3.48. The van der Waals surface area contributed by atoms with Crippen molar-refractivity contribution in [1.29, 1.82) is 0 Å². The molecule has 1 aliphatic heterocycles. The molecule has 3 rings (SSSR count). The van der Waals surface area contributed by atoms with E-state index < -0.39 is 10.0 Å². The van der Waals surface area contributed by atoms with Gasteiger partial charge in [0.15, 0.2) is 0 Å². The van der Waals surface area contributed by atoms with E-state index in [-0.39, 0.29) is 10.7 Å². The molecule has 19 heavy (non-hydrogen) atoms. The van der Waals surface area contributed by atoms with Crippen LogP contribution in [0.5, 0.6) is 0 Å². The molecule has 0 atom stereocenters. The van der Waals surface area contributed by atoms with Gasteiger partial charge in [-0.1, -0.05) is 12.8 Å². The molecule has 0 radical (unpaired) electrons. The maximum Gasteiger partial charge on any atom is 0.248 e. The molecule has 2 fully saturated rings. The Morgan fingerprint density at radius 2 is 1.84 bits per heavy atom. The molecule has 0 aromatic carbocycles. The van der Waals surface area contributed by atoms with Gasteiger partial charge in [-0.2, -0.15) is 9.40 Å². The van der Waals surface area contributed by atoms with Gasteiger partial charge in [0.1, 0.15) is 10.7 Å². The summed E-state index contributed by atoms with van der Waals surface area (Å²) in [6.45, 7) is 1.21. The Balaban J connectivity index is 1.76. The lowest BCUT2D eigenvalue weighted by Gasteiger charge is -2.38. The zero-order chi connectivity index (χ0) is 13.5. The van der Waals surface area contributed by atoms with Gasteiger partial charge in [0.05, 0.1) is 6.20 Å². The number of sulfonamides is 1. The molecule has 1 saturated carbocycles. The summed E-state index contributed by atoms with van der Waals surface area (Å²) in [5.41, 5.74) is 6.04. The van der Waals surface area contributed by atoms with Crippen molar-refractivity contribution in [2.45, 2.75) is 43.4 Å². The molecule has 2 aliphatic rings. The Morgan fingerprint density at radius 1 is 1.21 bits per heavy atom. The van der Waals surface area contributed by atoms with Gasteiger partial charge in [-0.05, 0) is 31.1 Å². The van der Waals surface area contributed by atoms with Crippen LogP contribution >= 0.6 is 0 Å². The lowest BCUT2D eigenvalue weighted by atomic mass is 9.78. The quantitative estimate of drug-likeness (QED) is 0.857. The van der Waals surface area contributed by atoms with Crippen molar-refractivity contribution in [2.75, 3.05) is 18.8 Å². The molecule has 1 aliphatic carbocycles. The minimum Gasteiger partial charge on any atom is -0.383 e. The molecule has 3 N–H and O–H groups in total. The number of aromatic nitrogens is 2. The first kappa shape index (κ1) is 12.9. The number of hydrogen-bond donors (Lipinski definition) is 2. The zero-order valence-corrected chi connectivity index (χ0v) is 11.7. The van der Waals surface area contributed by atoms with Gasteiger partial charge in [-0.25, -0.2) is 8.42 Å². The number of H-pyrrole nitrogens is 1. The Morgan fingerprint density at radius 3 is 2.37 bits per heavy atom. The van der Waals surface area contributed by atoms with Crippen LogP contribution in [0.4, 0.5) is 5.82 Å². The number of aromatic amines is 1. The van der Waals surface area contributed by atoms with E-state index in [0.717, 1.165) is 12.8 Å². The van der Waals surface area contributed by atoms with Gasteiger partial charge in [0, 0.05) is 13.1 Å². The monoisotopic (exact) mass is 284 g/mol. The lowest BCUT2D eigenvalue weighted by Crippen LogP contribution is -2.42. The average molecular weight is 284 g/mol. The maximum absolute atomic E-state index is 12.5. The number of hydrogen-bond acceptors (Lipinski definition) is 4. The maximum atomic E-state index is 12.5. The highest BCUT2D eigenvalue weighted by Crippen LogP contribution is 2.46. The van der Waals surface area contributed by atoms with Crippen molar-refractivity contribution in [2.24, 2.45) is 5.41 Å². The molecule has 106 valence electrons. The topological polar surface area (TPSA) is 92.1 Å². The predicted octanol–water partition coefficient (Wildman–Crippen LogP) is 1.34. The molecule has 1 aromatic rings. The first-order valence-corrected chi connectivity index (χ1v) is 8.27. The highest BCUT2D eigenvalue weighted by Gasteiger charge is 2.40. The van der Waals surface area contributed by atoms with E-state index in [1.807, 2.05) is 0 Å². The summed E-state index contributed by atoms with van der Waals surface area (Å²) >= 11 is 0. The van der Waals surface area contributed by atoms with Crippen molar-refractivity contribution in [3.8, 4) is 0 Å². The van der Waals surface area contributed by atoms with E-state index in [2.05, 4.69) is 10.2 Å². The number of nitrogens with one attached hydrogen (secondary N) is 1. The minimum absolute atomic E-state index is 0.106. The lowest BCUT2D eigenvalue weighted by molar-refractivity contribution is 0.160. The second-order valence-electron chi connectivity index (χ2n) is 5.76. The van der Waals surface area contributed by atoms with E-state index in [1.54, 1.807) is 4.31 Å².